The number of hydrogen-bond acceptors (Lipinski definition) is 4. The van der Waals surface area contributed by atoms with Crippen LogP contribution in [-0.2, 0) is 4.74 Å². The highest BCUT2D eigenvalue weighted by Crippen LogP contribution is 2.33. The molecule has 0 saturated carbocycles. The summed E-state index contributed by atoms with van der Waals surface area (Å²) < 4.78 is 7.79. The molecule has 0 aliphatic carbocycles. The van der Waals surface area contributed by atoms with E-state index < -0.39 is 0 Å². The zero-order chi connectivity index (χ0) is 17.1. The van der Waals surface area contributed by atoms with E-state index in [0.717, 1.165) is 22.4 Å². The van der Waals surface area contributed by atoms with Crippen molar-refractivity contribution in [3.8, 4) is 11.3 Å². The summed E-state index contributed by atoms with van der Waals surface area (Å²) in [5, 5.41) is 4.24. The molecule has 4 rings (SSSR count). The fourth-order valence-corrected chi connectivity index (χ4v) is 2.95. The first-order valence-corrected chi connectivity index (χ1v) is 8.29. The summed E-state index contributed by atoms with van der Waals surface area (Å²) in [6.07, 6.45) is 3.26. The van der Waals surface area contributed by atoms with E-state index in [-0.39, 0.29) is 6.10 Å². The van der Waals surface area contributed by atoms with Gasteiger partial charge in [-0.1, -0.05) is 60.7 Å². The minimum absolute atomic E-state index is 0.220. The number of fused-ring (bicyclic) bond motifs is 1. The van der Waals surface area contributed by atoms with E-state index in [9.17, 15) is 0 Å². The quantitative estimate of drug-likeness (QED) is 0.556. The molecule has 1 atom stereocenters. The average Bonchev–Trinajstić information content (AvgIpc) is 3.14. The second-order valence-corrected chi connectivity index (χ2v) is 5.66. The molecule has 0 bridgehead atoms. The Hall–Kier alpha value is -3.05. The number of aromatic nitrogens is 4. The fraction of sp³-hybridized carbons (Fsp3) is 0.150. The lowest BCUT2D eigenvalue weighted by atomic mass is 9.98. The lowest BCUT2D eigenvalue weighted by Crippen LogP contribution is -2.11. The van der Waals surface area contributed by atoms with E-state index in [1.54, 1.807) is 4.52 Å². The number of rotatable bonds is 5. The van der Waals surface area contributed by atoms with E-state index in [0.29, 0.717) is 12.4 Å². The van der Waals surface area contributed by atoms with Gasteiger partial charge in [-0.05, 0) is 12.5 Å². The van der Waals surface area contributed by atoms with Crippen LogP contribution in [0.2, 0.25) is 0 Å². The van der Waals surface area contributed by atoms with Gasteiger partial charge in [0.05, 0.1) is 5.69 Å². The van der Waals surface area contributed by atoms with Crippen molar-refractivity contribution in [3.05, 3.63) is 84.3 Å². The number of hydrogen-bond donors (Lipinski definition) is 0. The molecule has 2 aromatic heterocycles. The Morgan fingerprint density at radius 3 is 2.44 bits per heavy atom. The summed E-state index contributed by atoms with van der Waals surface area (Å²) in [4.78, 5) is 8.97. The van der Waals surface area contributed by atoms with Crippen LogP contribution >= 0.6 is 0 Å². The summed E-state index contributed by atoms with van der Waals surface area (Å²) in [6.45, 7) is 2.60. The second kappa shape index (κ2) is 6.83. The van der Waals surface area contributed by atoms with Crippen LogP contribution in [0.5, 0.6) is 0 Å². The monoisotopic (exact) mass is 330 g/mol. The van der Waals surface area contributed by atoms with Gasteiger partial charge in [-0.2, -0.15) is 10.1 Å². The summed E-state index contributed by atoms with van der Waals surface area (Å²) in [7, 11) is 0. The molecule has 0 aliphatic rings. The van der Waals surface area contributed by atoms with Crippen molar-refractivity contribution in [3.63, 3.8) is 0 Å². The van der Waals surface area contributed by atoms with Crippen molar-refractivity contribution >= 4 is 5.78 Å². The molecular formula is C20H18N4O. The van der Waals surface area contributed by atoms with Crippen molar-refractivity contribution < 1.29 is 4.74 Å². The van der Waals surface area contributed by atoms with Gasteiger partial charge in [0.2, 0.25) is 0 Å². The molecule has 0 amide bonds. The third-order valence-electron chi connectivity index (χ3n) is 4.07. The zero-order valence-corrected chi connectivity index (χ0v) is 13.9. The molecule has 0 radical (unpaired) electrons. The maximum atomic E-state index is 6.10. The summed E-state index contributed by atoms with van der Waals surface area (Å²) in [5.41, 5.74) is 3.95. The Morgan fingerprint density at radius 1 is 1.00 bits per heavy atom. The first kappa shape index (κ1) is 15.5. The molecule has 0 fully saturated rings. The van der Waals surface area contributed by atoms with Crippen LogP contribution in [-0.4, -0.2) is 26.2 Å². The van der Waals surface area contributed by atoms with Crippen molar-refractivity contribution in [2.75, 3.05) is 6.61 Å². The van der Waals surface area contributed by atoms with Crippen molar-refractivity contribution in [2.45, 2.75) is 13.0 Å². The van der Waals surface area contributed by atoms with Gasteiger partial charge in [0.25, 0.3) is 5.78 Å². The third-order valence-corrected chi connectivity index (χ3v) is 4.07. The largest absolute Gasteiger partial charge is 0.369 e. The Morgan fingerprint density at radius 2 is 1.72 bits per heavy atom. The van der Waals surface area contributed by atoms with E-state index in [2.05, 4.69) is 22.2 Å². The van der Waals surface area contributed by atoms with Crippen LogP contribution in [0.4, 0.5) is 0 Å². The second-order valence-electron chi connectivity index (χ2n) is 5.66. The first-order chi connectivity index (χ1) is 12.4. The molecule has 2 aromatic carbocycles. The maximum Gasteiger partial charge on any atom is 0.252 e. The van der Waals surface area contributed by atoms with Crippen LogP contribution < -0.4 is 0 Å². The minimum Gasteiger partial charge on any atom is -0.369 e. The highest BCUT2D eigenvalue weighted by Gasteiger charge is 2.21. The molecule has 0 N–H and O–H groups in total. The van der Waals surface area contributed by atoms with E-state index in [1.165, 1.54) is 6.33 Å². The van der Waals surface area contributed by atoms with Crippen LogP contribution in [0.3, 0.4) is 0 Å². The summed E-state index contributed by atoms with van der Waals surface area (Å²) >= 11 is 0. The highest BCUT2D eigenvalue weighted by molar-refractivity contribution is 5.65. The van der Waals surface area contributed by atoms with Crippen LogP contribution in [0, 0.1) is 0 Å². The van der Waals surface area contributed by atoms with Gasteiger partial charge in [0, 0.05) is 23.9 Å². The Balaban J connectivity index is 1.94. The zero-order valence-electron chi connectivity index (χ0n) is 13.9. The molecule has 124 valence electrons. The predicted molar refractivity (Wildman–Crippen MR) is 96.1 cm³/mol. The van der Waals surface area contributed by atoms with Crippen molar-refractivity contribution in [1.82, 2.24) is 19.6 Å². The lowest BCUT2D eigenvalue weighted by molar-refractivity contribution is 0.0911. The summed E-state index contributed by atoms with van der Waals surface area (Å²) in [5.74, 6) is 0.575. The van der Waals surface area contributed by atoms with Gasteiger partial charge < -0.3 is 4.74 Å². The molecule has 5 nitrogen and oxygen atoms in total. The van der Waals surface area contributed by atoms with Gasteiger partial charge in [0.1, 0.15) is 12.4 Å². The van der Waals surface area contributed by atoms with Crippen LogP contribution in [0.25, 0.3) is 17.0 Å². The maximum absolute atomic E-state index is 6.10. The van der Waals surface area contributed by atoms with Gasteiger partial charge >= 0.3 is 0 Å². The molecule has 0 aliphatic heterocycles. The van der Waals surface area contributed by atoms with Crippen LogP contribution in [0.1, 0.15) is 24.2 Å². The Kier molecular flexibility index (Phi) is 4.23. The molecular weight excluding hydrogens is 312 g/mol. The van der Waals surface area contributed by atoms with Gasteiger partial charge in [-0.3, -0.25) is 0 Å². The van der Waals surface area contributed by atoms with E-state index in [4.69, 9.17) is 9.72 Å². The van der Waals surface area contributed by atoms with E-state index >= 15 is 0 Å². The predicted octanol–water partition coefficient (Wildman–Crippen LogP) is 3.92. The normalized spacial score (nSPS) is 12.4. The lowest BCUT2D eigenvalue weighted by Gasteiger charge is -2.20. The van der Waals surface area contributed by atoms with Crippen molar-refractivity contribution in [2.24, 2.45) is 0 Å². The first-order valence-electron chi connectivity index (χ1n) is 8.29. The molecule has 5 heteroatoms. The number of benzene rings is 2. The van der Waals surface area contributed by atoms with Crippen LogP contribution in [0.15, 0.2) is 73.2 Å². The summed E-state index contributed by atoms with van der Waals surface area (Å²) in [6, 6.07) is 20.3. The number of nitrogens with zero attached hydrogens (tertiary/aromatic N) is 4. The molecule has 0 saturated heterocycles. The van der Waals surface area contributed by atoms with Gasteiger partial charge in [-0.25, -0.2) is 9.50 Å². The average molecular weight is 330 g/mol. The third kappa shape index (κ3) is 3.02. The van der Waals surface area contributed by atoms with E-state index in [1.807, 2.05) is 61.7 Å². The van der Waals surface area contributed by atoms with Gasteiger partial charge in [0.15, 0.2) is 0 Å². The number of ether oxygens (including phenoxy) is 1. The molecule has 1 unspecified atom stereocenters. The Labute approximate surface area is 145 Å². The smallest absolute Gasteiger partial charge is 0.252 e. The Bertz CT molecular complexity index is 967. The highest BCUT2D eigenvalue weighted by atomic mass is 16.5. The van der Waals surface area contributed by atoms with Gasteiger partial charge in [-0.15, -0.1) is 0 Å². The molecule has 0 spiro atoms. The fourth-order valence-electron chi connectivity index (χ4n) is 2.95. The standard InChI is InChI=1S/C20H18N4O/c1-2-25-19(16-11-7-4-8-12-16)17-13-24-20(21-14-22-24)23-18(17)15-9-5-3-6-10-15/h3-14,19H,2H2,1H3. The van der Waals surface area contributed by atoms with Crippen molar-refractivity contribution in [1.29, 1.82) is 0 Å². The molecule has 2 heterocycles. The SMILES string of the molecule is CCOC(c1ccccc1)c1cn2ncnc2nc1-c1ccccc1. The molecule has 25 heavy (non-hydrogen) atoms. The molecule has 4 aromatic rings. The topological polar surface area (TPSA) is 52.3 Å². The minimum atomic E-state index is -0.220.